The quantitative estimate of drug-likeness (QED) is 0.762. The van der Waals surface area contributed by atoms with Crippen LogP contribution in [0.1, 0.15) is 17.8 Å². The lowest BCUT2D eigenvalue weighted by Gasteiger charge is -2.15. The number of amides is 1. The van der Waals surface area contributed by atoms with Gasteiger partial charge >= 0.3 is 0 Å². The van der Waals surface area contributed by atoms with E-state index < -0.39 is 0 Å². The number of carbonyl (C=O) groups excluding carboxylic acids is 1. The Balaban J connectivity index is 2.06. The molecule has 0 radical (unpaired) electrons. The third-order valence-corrected chi connectivity index (χ3v) is 2.64. The number of aromatic nitrogens is 1. The maximum atomic E-state index is 11.6. The molecule has 4 nitrogen and oxygen atoms in total. The molecular formula is C11H15N3O. The van der Waals surface area contributed by atoms with Gasteiger partial charge in [0.25, 0.3) is 0 Å². The summed E-state index contributed by atoms with van der Waals surface area (Å²) in [5, 5.41) is 0. The highest BCUT2D eigenvalue weighted by molar-refractivity contribution is 5.83. The Labute approximate surface area is 89.1 Å². The Morgan fingerprint density at radius 1 is 1.60 bits per heavy atom. The van der Waals surface area contributed by atoms with E-state index in [1.54, 1.807) is 4.90 Å². The van der Waals surface area contributed by atoms with Gasteiger partial charge in [-0.1, -0.05) is 6.07 Å². The van der Waals surface area contributed by atoms with Gasteiger partial charge in [0.2, 0.25) is 5.91 Å². The molecule has 1 atom stereocenters. The van der Waals surface area contributed by atoms with Crippen LogP contribution in [0.15, 0.2) is 18.2 Å². The Morgan fingerprint density at radius 3 is 3.00 bits per heavy atom. The first-order chi connectivity index (χ1) is 7.16. The smallest absolute Gasteiger partial charge is 0.239 e. The second-order valence-electron chi connectivity index (χ2n) is 3.93. The maximum Gasteiger partial charge on any atom is 0.239 e. The maximum absolute atomic E-state index is 11.6. The molecule has 0 aliphatic carbocycles. The number of aryl methyl sites for hydroxylation is 1. The van der Waals surface area contributed by atoms with Gasteiger partial charge in [-0.25, -0.2) is 0 Å². The second-order valence-corrected chi connectivity index (χ2v) is 3.93. The highest BCUT2D eigenvalue weighted by Gasteiger charge is 2.28. The van der Waals surface area contributed by atoms with Crippen LogP contribution >= 0.6 is 0 Å². The van der Waals surface area contributed by atoms with E-state index in [1.165, 1.54) is 0 Å². The minimum absolute atomic E-state index is 0.0401. The first kappa shape index (κ1) is 10.1. The van der Waals surface area contributed by atoms with Crippen LogP contribution in [0.3, 0.4) is 0 Å². The summed E-state index contributed by atoms with van der Waals surface area (Å²) in [4.78, 5) is 17.7. The van der Waals surface area contributed by atoms with E-state index in [-0.39, 0.29) is 11.9 Å². The minimum Gasteiger partial charge on any atom is -0.335 e. The van der Waals surface area contributed by atoms with E-state index in [1.807, 2.05) is 25.1 Å². The van der Waals surface area contributed by atoms with Crippen molar-refractivity contribution in [2.24, 2.45) is 5.73 Å². The van der Waals surface area contributed by atoms with Crippen LogP contribution in [0, 0.1) is 6.92 Å². The molecule has 15 heavy (non-hydrogen) atoms. The fourth-order valence-corrected chi connectivity index (χ4v) is 1.80. The molecule has 2 N–H and O–H groups in total. The van der Waals surface area contributed by atoms with Gasteiger partial charge < -0.3 is 10.6 Å². The van der Waals surface area contributed by atoms with Crippen molar-refractivity contribution in [3.05, 3.63) is 29.6 Å². The Hall–Kier alpha value is -1.42. The van der Waals surface area contributed by atoms with Gasteiger partial charge in [-0.2, -0.15) is 0 Å². The Bertz CT molecular complexity index is 378. The number of pyridine rings is 1. The molecule has 1 unspecified atom stereocenters. The van der Waals surface area contributed by atoms with Crippen LogP contribution in [-0.4, -0.2) is 28.4 Å². The van der Waals surface area contributed by atoms with Crippen LogP contribution in [0.5, 0.6) is 0 Å². The predicted octanol–water partition coefficient (Wildman–Crippen LogP) is 0.450. The minimum atomic E-state index is -0.310. The number of carbonyl (C=O) groups is 1. The van der Waals surface area contributed by atoms with Crippen molar-refractivity contribution in [2.45, 2.75) is 25.9 Å². The van der Waals surface area contributed by atoms with E-state index in [2.05, 4.69) is 4.98 Å². The van der Waals surface area contributed by atoms with Crippen LogP contribution in [0.25, 0.3) is 0 Å². The number of likely N-dealkylation sites (tertiary alicyclic amines) is 1. The van der Waals surface area contributed by atoms with Gasteiger partial charge in [0.1, 0.15) is 0 Å². The van der Waals surface area contributed by atoms with E-state index in [0.717, 1.165) is 24.4 Å². The highest BCUT2D eigenvalue weighted by Crippen LogP contribution is 2.12. The molecule has 2 rings (SSSR count). The summed E-state index contributed by atoms with van der Waals surface area (Å²) in [5.74, 6) is 0.0401. The highest BCUT2D eigenvalue weighted by atomic mass is 16.2. The summed E-state index contributed by atoms with van der Waals surface area (Å²) >= 11 is 0. The van der Waals surface area contributed by atoms with Crippen molar-refractivity contribution in [3.63, 3.8) is 0 Å². The summed E-state index contributed by atoms with van der Waals surface area (Å²) in [6, 6.07) is 5.53. The molecule has 0 spiro atoms. The van der Waals surface area contributed by atoms with E-state index >= 15 is 0 Å². The molecule has 1 aliphatic heterocycles. The van der Waals surface area contributed by atoms with E-state index in [0.29, 0.717) is 6.54 Å². The zero-order chi connectivity index (χ0) is 10.8. The third kappa shape index (κ3) is 2.15. The zero-order valence-electron chi connectivity index (χ0n) is 8.81. The summed E-state index contributed by atoms with van der Waals surface area (Å²) in [5.41, 5.74) is 7.54. The number of rotatable bonds is 2. The normalized spacial score (nSPS) is 21.1. The number of hydrogen-bond acceptors (Lipinski definition) is 3. The molecule has 1 amide bonds. The molecule has 2 heterocycles. The number of nitrogens with zero attached hydrogens (tertiary/aromatic N) is 2. The predicted molar refractivity (Wildman–Crippen MR) is 57.0 cm³/mol. The van der Waals surface area contributed by atoms with Crippen molar-refractivity contribution in [3.8, 4) is 0 Å². The lowest BCUT2D eigenvalue weighted by atomic mass is 10.3. The number of nitrogens with two attached hydrogens (primary N) is 1. The van der Waals surface area contributed by atoms with Gasteiger partial charge in [0, 0.05) is 12.2 Å². The van der Waals surface area contributed by atoms with Crippen molar-refractivity contribution in [2.75, 3.05) is 6.54 Å². The molecule has 0 bridgehead atoms. The van der Waals surface area contributed by atoms with Crippen LogP contribution in [0.2, 0.25) is 0 Å². The second kappa shape index (κ2) is 3.98. The van der Waals surface area contributed by atoms with Gasteiger partial charge in [0.15, 0.2) is 0 Å². The van der Waals surface area contributed by atoms with Gasteiger partial charge in [-0.3, -0.25) is 9.78 Å². The van der Waals surface area contributed by atoms with Crippen LogP contribution in [0.4, 0.5) is 0 Å². The molecule has 80 valence electrons. The van der Waals surface area contributed by atoms with Crippen molar-refractivity contribution >= 4 is 5.91 Å². The third-order valence-electron chi connectivity index (χ3n) is 2.64. The lowest BCUT2D eigenvalue weighted by molar-refractivity contribution is -0.129. The SMILES string of the molecule is Cc1cccc(CN2CCC(N)C2=O)n1. The summed E-state index contributed by atoms with van der Waals surface area (Å²) in [7, 11) is 0. The average molecular weight is 205 g/mol. The fraction of sp³-hybridized carbons (Fsp3) is 0.455. The largest absolute Gasteiger partial charge is 0.335 e. The monoisotopic (exact) mass is 205 g/mol. The topological polar surface area (TPSA) is 59.2 Å². The first-order valence-corrected chi connectivity index (χ1v) is 5.14. The summed E-state index contributed by atoms with van der Waals surface area (Å²) in [6.45, 7) is 3.27. The molecule has 0 saturated carbocycles. The van der Waals surface area contributed by atoms with E-state index in [4.69, 9.17) is 5.73 Å². The van der Waals surface area contributed by atoms with Crippen molar-refractivity contribution in [1.82, 2.24) is 9.88 Å². The molecule has 1 saturated heterocycles. The number of hydrogen-bond donors (Lipinski definition) is 1. The Kier molecular flexibility index (Phi) is 2.68. The standard InChI is InChI=1S/C11H15N3O/c1-8-3-2-4-9(13-8)7-14-6-5-10(12)11(14)15/h2-4,10H,5-7,12H2,1H3. The molecule has 1 aliphatic rings. The van der Waals surface area contributed by atoms with E-state index in [9.17, 15) is 4.79 Å². The molecule has 4 heteroatoms. The van der Waals surface area contributed by atoms with Gasteiger partial charge in [0.05, 0.1) is 18.3 Å². The lowest BCUT2D eigenvalue weighted by Crippen LogP contribution is -2.33. The average Bonchev–Trinajstić information content (AvgIpc) is 2.50. The molecule has 0 aromatic carbocycles. The van der Waals surface area contributed by atoms with Crippen LogP contribution < -0.4 is 5.73 Å². The molecular weight excluding hydrogens is 190 g/mol. The molecule has 1 aromatic heterocycles. The van der Waals surface area contributed by atoms with Crippen LogP contribution in [-0.2, 0) is 11.3 Å². The summed E-state index contributed by atoms with van der Waals surface area (Å²) in [6.07, 6.45) is 0.755. The fourth-order valence-electron chi connectivity index (χ4n) is 1.80. The zero-order valence-corrected chi connectivity index (χ0v) is 8.81. The summed E-state index contributed by atoms with van der Waals surface area (Å²) < 4.78 is 0. The van der Waals surface area contributed by atoms with Crippen molar-refractivity contribution in [1.29, 1.82) is 0 Å². The van der Waals surface area contributed by atoms with Gasteiger partial charge in [-0.15, -0.1) is 0 Å². The first-order valence-electron chi connectivity index (χ1n) is 5.14. The van der Waals surface area contributed by atoms with Gasteiger partial charge in [-0.05, 0) is 25.5 Å². The molecule has 1 fully saturated rings. The Morgan fingerprint density at radius 2 is 2.40 bits per heavy atom. The van der Waals surface area contributed by atoms with Crippen molar-refractivity contribution < 1.29 is 4.79 Å². The molecule has 1 aromatic rings.